The molecular formula is C17H24BrNO4. The topological polar surface area (TPSA) is 70.0 Å². The Hall–Kier alpha value is -1.27. The molecule has 1 fully saturated rings. The summed E-state index contributed by atoms with van der Waals surface area (Å²) in [5, 5.41) is 19.6. The van der Waals surface area contributed by atoms with Gasteiger partial charge in [-0.15, -0.1) is 0 Å². The molecule has 1 aliphatic heterocycles. The Morgan fingerprint density at radius 2 is 2.09 bits per heavy atom. The average Bonchev–Trinajstić information content (AvgIpc) is 2.84. The second-order valence-electron chi connectivity index (χ2n) is 6.94. The number of amides is 1. The molecule has 0 unspecified atom stereocenters. The molecule has 128 valence electrons. The van der Waals surface area contributed by atoms with Gasteiger partial charge >= 0.3 is 6.09 Å². The molecular weight excluding hydrogens is 362 g/mol. The predicted octanol–water partition coefficient (Wildman–Crippen LogP) is 3.49. The van der Waals surface area contributed by atoms with E-state index in [0.717, 1.165) is 5.56 Å². The molecule has 0 spiro atoms. The van der Waals surface area contributed by atoms with Gasteiger partial charge in [0.1, 0.15) is 11.4 Å². The van der Waals surface area contributed by atoms with Gasteiger partial charge in [-0.2, -0.15) is 0 Å². The van der Waals surface area contributed by atoms with Gasteiger partial charge in [-0.05, 0) is 55.1 Å². The van der Waals surface area contributed by atoms with Gasteiger partial charge in [0, 0.05) is 31.2 Å². The molecule has 2 rings (SSSR count). The number of likely N-dealkylation sites (tertiary alicyclic amines) is 1. The first-order valence-electron chi connectivity index (χ1n) is 7.79. The van der Waals surface area contributed by atoms with Crippen molar-refractivity contribution in [1.29, 1.82) is 0 Å². The summed E-state index contributed by atoms with van der Waals surface area (Å²) < 4.78 is 6.07. The van der Waals surface area contributed by atoms with E-state index in [2.05, 4.69) is 15.9 Å². The maximum Gasteiger partial charge on any atom is 0.410 e. The largest absolute Gasteiger partial charge is 0.506 e. The van der Waals surface area contributed by atoms with Crippen molar-refractivity contribution in [3.63, 3.8) is 0 Å². The minimum Gasteiger partial charge on any atom is -0.506 e. The van der Waals surface area contributed by atoms with Crippen LogP contribution in [0.4, 0.5) is 4.79 Å². The van der Waals surface area contributed by atoms with Crippen LogP contribution in [0.2, 0.25) is 0 Å². The van der Waals surface area contributed by atoms with Crippen LogP contribution in [0, 0.1) is 5.92 Å². The molecule has 1 aromatic carbocycles. The molecule has 5 nitrogen and oxygen atoms in total. The summed E-state index contributed by atoms with van der Waals surface area (Å²) in [4.78, 5) is 14.0. The minimum absolute atomic E-state index is 0.0211. The molecule has 0 saturated carbocycles. The van der Waals surface area contributed by atoms with E-state index in [1.54, 1.807) is 11.0 Å². The SMILES string of the molecule is CC(C)(C)OC(=O)N1C[C@H](CCO)[C@@H](c2cccc(Br)c2O)C1. The fourth-order valence-electron chi connectivity index (χ4n) is 2.99. The van der Waals surface area contributed by atoms with E-state index in [-0.39, 0.29) is 30.3 Å². The second-order valence-corrected chi connectivity index (χ2v) is 7.80. The third-order valence-electron chi connectivity index (χ3n) is 4.01. The van der Waals surface area contributed by atoms with Crippen molar-refractivity contribution in [2.45, 2.75) is 38.7 Å². The Balaban J connectivity index is 2.21. The molecule has 1 heterocycles. The summed E-state index contributed by atoms with van der Waals surface area (Å²) in [5.41, 5.74) is 0.253. The van der Waals surface area contributed by atoms with E-state index in [1.165, 1.54) is 0 Å². The first kappa shape index (κ1) is 18.1. The van der Waals surface area contributed by atoms with Gasteiger partial charge in [-0.25, -0.2) is 4.79 Å². The Kier molecular flexibility index (Phi) is 5.57. The highest BCUT2D eigenvalue weighted by Crippen LogP contribution is 2.41. The van der Waals surface area contributed by atoms with Gasteiger partial charge in [-0.1, -0.05) is 12.1 Å². The van der Waals surface area contributed by atoms with Crippen molar-refractivity contribution in [1.82, 2.24) is 4.90 Å². The van der Waals surface area contributed by atoms with Crippen molar-refractivity contribution in [2.24, 2.45) is 5.92 Å². The lowest BCUT2D eigenvalue weighted by Crippen LogP contribution is -2.35. The normalized spacial score (nSPS) is 21.5. The molecule has 0 aliphatic carbocycles. The highest BCUT2D eigenvalue weighted by molar-refractivity contribution is 9.10. The molecule has 0 radical (unpaired) electrons. The molecule has 2 atom stereocenters. The lowest BCUT2D eigenvalue weighted by Gasteiger charge is -2.24. The van der Waals surface area contributed by atoms with E-state index in [4.69, 9.17) is 4.74 Å². The fourth-order valence-corrected chi connectivity index (χ4v) is 3.37. The van der Waals surface area contributed by atoms with Crippen molar-refractivity contribution in [3.8, 4) is 5.75 Å². The third-order valence-corrected chi connectivity index (χ3v) is 4.65. The van der Waals surface area contributed by atoms with E-state index in [0.29, 0.717) is 24.0 Å². The Bertz CT molecular complexity index is 570. The van der Waals surface area contributed by atoms with E-state index < -0.39 is 5.60 Å². The first-order valence-corrected chi connectivity index (χ1v) is 8.58. The highest BCUT2D eigenvalue weighted by Gasteiger charge is 2.38. The van der Waals surface area contributed by atoms with Crippen LogP contribution in [0.1, 0.15) is 38.7 Å². The lowest BCUT2D eigenvalue weighted by molar-refractivity contribution is 0.0284. The number of aliphatic hydroxyl groups is 1. The zero-order chi connectivity index (χ0) is 17.2. The smallest absolute Gasteiger partial charge is 0.410 e. The number of phenols is 1. The van der Waals surface area contributed by atoms with Crippen LogP contribution >= 0.6 is 15.9 Å². The maximum absolute atomic E-state index is 12.3. The van der Waals surface area contributed by atoms with Crippen LogP contribution in [0.25, 0.3) is 0 Å². The monoisotopic (exact) mass is 385 g/mol. The van der Waals surface area contributed by atoms with Crippen molar-refractivity contribution in [2.75, 3.05) is 19.7 Å². The van der Waals surface area contributed by atoms with E-state index >= 15 is 0 Å². The Morgan fingerprint density at radius 3 is 2.70 bits per heavy atom. The number of aliphatic hydroxyl groups excluding tert-OH is 1. The average molecular weight is 386 g/mol. The Labute approximate surface area is 145 Å². The van der Waals surface area contributed by atoms with Gasteiger partial charge in [-0.3, -0.25) is 0 Å². The zero-order valence-electron chi connectivity index (χ0n) is 13.8. The van der Waals surface area contributed by atoms with Crippen LogP contribution in [0.3, 0.4) is 0 Å². The van der Waals surface area contributed by atoms with Crippen LogP contribution in [-0.4, -0.2) is 46.5 Å². The number of rotatable bonds is 3. The Morgan fingerprint density at radius 1 is 1.39 bits per heavy atom. The van der Waals surface area contributed by atoms with Gasteiger partial charge < -0.3 is 19.8 Å². The number of halogens is 1. The number of carbonyl (C=O) groups is 1. The highest BCUT2D eigenvalue weighted by atomic mass is 79.9. The molecule has 1 aromatic rings. The molecule has 2 N–H and O–H groups in total. The van der Waals surface area contributed by atoms with Crippen molar-refractivity contribution < 1.29 is 19.7 Å². The molecule has 23 heavy (non-hydrogen) atoms. The fraction of sp³-hybridized carbons (Fsp3) is 0.588. The van der Waals surface area contributed by atoms with Crippen LogP contribution in [0.15, 0.2) is 22.7 Å². The van der Waals surface area contributed by atoms with Crippen molar-refractivity contribution >= 4 is 22.0 Å². The van der Waals surface area contributed by atoms with Gasteiger partial charge in [0.15, 0.2) is 0 Å². The molecule has 6 heteroatoms. The molecule has 1 aliphatic rings. The lowest BCUT2D eigenvalue weighted by atomic mass is 9.86. The summed E-state index contributed by atoms with van der Waals surface area (Å²) in [6.07, 6.45) is 0.230. The number of phenolic OH excluding ortho intramolecular Hbond substituents is 1. The number of aromatic hydroxyl groups is 1. The number of hydrogen-bond acceptors (Lipinski definition) is 4. The summed E-state index contributed by atoms with van der Waals surface area (Å²) in [5.74, 6) is 0.270. The van der Waals surface area contributed by atoms with E-state index in [9.17, 15) is 15.0 Å². The van der Waals surface area contributed by atoms with Gasteiger partial charge in [0.05, 0.1) is 4.47 Å². The summed E-state index contributed by atoms with van der Waals surface area (Å²) in [6, 6.07) is 5.51. The van der Waals surface area contributed by atoms with Crippen LogP contribution < -0.4 is 0 Å². The molecule has 1 saturated heterocycles. The number of para-hydroxylation sites is 1. The van der Waals surface area contributed by atoms with E-state index in [1.807, 2.05) is 32.9 Å². The molecule has 1 amide bonds. The summed E-state index contributed by atoms with van der Waals surface area (Å²) >= 11 is 3.33. The van der Waals surface area contributed by atoms with Gasteiger partial charge in [0.2, 0.25) is 0 Å². The quantitative estimate of drug-likeness (QED) is 0.835. The first-order chi connectivity index (χ1) is 10.7. The number of benzene rings is 1. The number of carbonyl (C=O) groups excluding carboxylic acids is 1. The summed E-state index contributed by atoms with van der Waals surface area (Å²) in [6.45, 7) is 6.56. The van der Waals surface area contributed by atoms with Crippen LogP contribution in [-0.2, 0) is 4.74 Å². The van der Waals surface area contributed by atoms with Crippen molar-refractivity contribution in [3.05, 3.63) is 28.2 Å². The number of hydrogen-bond donors (Lipinski definition) is 2. The zero-order valence-corrected chi connectivity index (χ0v) is 15.3. The maximum atomic E-state index is 12.3. The standard InChI is InChI=1S/C17H24BrNO4/c1-17(2,3)23-16(22)19-9-11(7-8-20)13(10-19)12-5-4-6-14(18)15(12)21/h4-6,11,13,20-21H,7-10H2,1-3H3/t11-,13-/m0/s1. The predicted molar refractivity (Wildman–Crippen MR) is 91.5 cm³/mol. The number of nitrogens with zero attached hydrogens (tertiary/aromatic N) is 1. The second kappa shape index (κ2) is 7.09. The molecule has 0 bridgehead atoms. The molecule has 0 aromatic heterocycles. The van der Waals surface area contributed by atoms with Crippen LogP contribution in [0.5, 0.6) is 5.75 Å². The minimum atomic E-state index is -0.542. The summed E-state index contributed by atoms with van der Waals surface area (Å²) in [7, 11) is 0. The van der Waals surface area contributed by atoms with Gasteiger partial charge in [0.25, 0.3) is 0 Å². The third kappa shape index (κ3) is 4.38. The number of ether oxygens (including phenoxy) is 1.